The molecule has 0 radical (unpaired) electrons. The van der Waals surface area contributed by atoms with E-state index in [0.29, 0.717) is 0 Å². The Hall–Kier alpha value is -1.04. The van der Waals surface area contributed by atoms with Crippen LogP contribution >= 0.6 is 0 Å². The second-order valence-electron chi connectivity index (χ2n) is 8.95. The molecule has 22 heavy (non-hydrogen) atoms. The van der Waals surface area contributed by atoms with Gasteiger partial charge in [0.1, 0.15) is 8.07 Å². The Balaban J connectivity index is 2.78. The summed E-state index contributed by atoms with van der Waals surface area (Å²) in [4.78, 5) is 0. The van der Waals surface area contributed by atoms with Gasteiger partial charge in [0.15, 0.2) is 0 Å². The standard InChI is InChI=1S/C20H30OSi/c1-19(2)11-12-20(3,4)18-16(10-13-22(5,6)7)15(14-21)8-9-17(18)19/h8-9,21H,11-12,14H2,1-7H3. The minimum absolute atomic E-state index is 0.0689. The van der Waals surface area contributed by atoms with Gasteiger partial charge >= 0.3 is 0 Å². The lowest BCUT2D eigenvalue weighted by Gasteiger charge is -2.43. The van der Waals surface area contributed by atoms with Crippen LogP contribution in [0.2, 0.25) is 19.6 Å². The van der Waals surface area contributed by atoms with Crippen LogP contribution in [0.5, 0.6) is 0 Å². The van der Waals surface area contributed by atoms with Gasteiger partial charge in [0.25, 0.3) is 0 Å². The van der Waals surface area contributed by atoms with Crippen LogP contribution in [0.3, 0.4) is 0 Å². The predicted molar refractivity (Wildman–Crippen MR) is 97.9 cm³/mol. The first-order valence-corrected chi connectivity index (χ1v) is 11.8. The van der Waals surface area contributed by atoms with E-state index in [0.717, 1.165) is 11.1 Å². The van der Waals surface area contributed by atoms with Crippen molar-refractivity contribution in [3.63, 3.8) is 0 Å². The topological polar surface area (TPSA) is 20.2 Å². The molecule has 0 bridgehead atoms. The van der Waals surface area contributed by atoms with Crippen molar-refractivity contribution in [2.75, 3.05) is 0 Å². The second-order valence-corrected chi connectivity index (χ2v) is 13.7. The summed E-state index contributed by atoms with van der Waals surface area (Å²) >= 11 is 0. The fourth-order valence-corrected chi connectivity index (χ4v) is 3.82. The zero-order valence-electron chi connectivity index (χ0n) is 15.2. The van der Waals surface area contributed by atoms with Gasteiger partial charge in [-0.05, 0) is 40.4 Å². The van der Waals surface area contributed by atoms with Crippen molar-refractivity contribution in [1.29, 1.82) is 0 Å². The molecule has 1 N–H and O–H groups in total. The number of hydrogen-bond donors (Lipinski definition) is 1. The van der Waals surface area contributed by atoms with Crippen LogP contribution in [0.25, 0.3) is 0 Å². The Morgan fingerprint density at radius 2 is 1.64 bits per heavy atom. The normalized spacial score (nSPS) is 19.1. The smallest absolute Gasteiger partial charge is 0.129 e. The van der Waals surface area contributed by atoms with Gasteiger partial charge in [0, 0.05) is 5.56 Å². The van der Waals surface area contributed by atoms with Crippen molar-refractivity contribution in [2.24, 2.45) is 0 Å². The number of fused-ring (bicyclic) bond motifs is 1. The maximum atomic E-state index is 9.79. The molecule has 0 aromatic heterocycles. The Bertz CT molecular complexity index is 636. The highest BCUT2D eigenvalue weighted by atomic mass is 28.3. The van der Waals surface area contributed by atoms with Crippen molar-refractivity contribution in [3.8, 4) is 11.5 Å². The van der Waals surface area contributed by atoms with Gasteiger partial charge in [0.05, 0.1) is 6.61 Å². The van der Waals surface area contributed by atoms with Gasteiger partial charge in [0.2, 0.25) is 0 Å². The van der Waals surface area contributed by atoms with Crippen molar-refractivity contribution >= 4 is 8.07 Å². The lowest BCUT2D eigenvalue weighted by molar-refractivity contribution is 0.279. The number of benzene rings is 1. The first kappa shape index (κ1) is 17.3. The summed E-state index contributed by atoms with van der Waals surface area (Å²) in [6.45, 7) is 16.2. The molecule has 1 aromatic carbocycles. The van der Waals surface area contributed by atoms with E-state index >= 15 is 0 Å². The highest BCUT2D eigenvalue weighted by molar-refractivity contribution is 6.83. The van der Waals surface area contributed by atoms with Crippen molar-refractivity contribution < 1.29 is 5.11 Å². The Kier molecular flexibility index (Phi) is 4.37. The van der Waals surface area contributed by atoms with E-state index in [9.17, 15) is 5.11 Å². The van der Waals surface area contributed by atoms with Gasteiger partial charge in [-0.15, -0.1) is 5.54 Å². The first-order valence-electron chi connectivity index (χ1n) is 8.29. The predicted octanol–water partition coefficient (Wildman–Crippen LogP) is 4.76. The molecule has 0 spiro atoms. The average molecular weight is 315 g/mol. The van der Waals surface area contributed by atoms with E-state index < -0.39 is 8.07 Å². The summed E-state index contributed by atoms with van der Waals surface area (Å²) in [5.41, 5.74) is 8.69. The molecule has 1 nitrogen and oxygen atoms in total. The number of aliphatic hydroxyl groups excluding tert-OH is 1. The summed E-state index contributed by atoms with van der Waals surface area (Å²) in [6.07, 6.45) is 2.37. The molecule has 1 aliphatic carbocycles. The highest BCUT2D eigenvalue weighted by Crippen LogP contribution is 2.47. The minimum atomic E-state index is -1.45. The molecule has 0 saturated heterocycles. The number of aliphatic hydroxyl groups is 1. The summed E-state index contributed by atoms with van der Waals surface area (Å²) in [6, 6.07) is 4.30. The van der Waals surface area contributed by atoms with E-state index in [4.69, 9.17) is 0 Å². The molecule has 1 aromatic rings. The molecule has 2 heteroatoms. The summed E-state index contributed by atoms with van der Waals surface area (Å²) in [7, 11) is -1.45. The minimum Gasteiger partial charge on any atom is -0.392 e. The van der Waals surface area contributed by atoms with Crippen LogP contribution < -0.4 is 0 Å². The molecule has 0 saturated carbocycles. The lowest BCUT2D eigenvalue weighted by Crippen LogP contribution is -2.35. The highest BCUT2D eigenvalue weighted by Gasteiger charge is 2.39. The van der Waals surface area contributed by atoms with E-state index in [1.807, 2.05) is 0 Å². The summed E-state index contributed by atoms with van der Waals surface area (Å²) < 4.78 is 0. The van der Waals surface area contributed by atoms with E-state index in [1.165, 1.54) is 24.0 Å². The summed E-state index contributed by atoms with van der Waals surface area (Å²) in [5.74, 6) is 3.48. The fourth-order valence-electron chi connectivity index (χ4n) is 3.32. The molecule has 0 fully saturated rings. The van der Waals surface area contributed by atoms with Crippen LogP contribution in [-0.4, -0.2) is 13.2 Å². The quantitative estimate of drug-likeness (QED) is 0.585. The maximum Gasteiger partial charge on any atom is 0.129 e. The van der Waals surface area contributed by atoms with Crippen LogP contribution in [0.1, 0.15) is 62.8 Å². The van der Waals surface area contributed by atoms with Crippen LogP contribution in [0.15, 0.2) is 12.1 Å². The molecule has 0 atom stereocenters. The van der Waals surface area contributed by atoms with Gasteiger partial charge in [-0.2, -0.15) is 0 Å². The molecule has 0 unspecified atom stereocenters. The van der Waals surface area contributed by atoms with Crippen molar-refractivity contribution in [3.05, 3.63) is 34.4 Å². The van der Waals surface area contributed by atoms with Crippen molar-refractivity contribution in [1.82, 2.24) is 0 Å². The van der Waals surface area contributed by atoms with E-state index in [-0.39, 0.29) is 17.4 Å². The van der Waals surface area contributed by atoms with Gasteiger partial charge in [-0.1, -0.05) is 65.4 Å². The third kappa shape index (κ3) is 3.31. The molecule has 0 amide bonds. The third-order valence-electron chi connectivity index (χ3n) is 4.81. The zero-order valence-corrected chi connectivity index (χ0v) is 16.2. The van der Waals surface area contributed by atoms with Crippen LogP contribution in [0, 0.1) is 11.5 Å². The Labute approximate surface area is 137 Å². The zero-order chi connectivity index (χ0) is 16.8. The average Bonchev–Trinajstić information content (AvgIpc) is 2.40. The van der Waals surface area contributed by atoms with Crippen LogP contribution in [-0.2, 0) is 17.4 Å². The molecule has 2 rings (SSSR count). The SMILES string of the molecule is CC1(C)CCC(C)(C)c2c1ccc(CO)c2C#C[Si](C)(C)C. The first-order chi connectivity index (χ1) is 9.98. The molecule has 120 valence electrons. The van der Waals surface area contributed by atoms with E-state index in [2.05, 4.69) is 70.9 Å². The molecule has 0 heterocycles. The number of rotatable bonds is 1. The molecular formula is C20H30OSi. The maximum absolute atomic E-state index is 9.79. The van der Waals surface area contributed by atoms with Gasteiger partial charge < -0.3 is 5.11 Å². The lowest BCUT2D eigenvalue weighted by atomic mass is 9.61. The molecule has 1 aliphatic rings. The van der Waals surface area contributed by atoms with Crippen LogP contribution in [0.4, 0.5) is 0 Å². The molecule has 0 aliphatic heterocycles. The second kappa shape index (κ2) is 5.55. The third-order valence-corrected chi connectivity index (χ3v) is 5.68. The largest absolute Gasteiger partial charge is 0.392 e. The van der Waals surface area contributed by atoms with Gasteiger partial charge in [-0.25, -0.2) is 0 Å². The summed E-state index contributed by atoms with van der Waals surface area (Å²) in [5, 5.41) is 9.79. The Morgan fingerprint density at radius 3 is 2.18 bits per heavy atom. The monoisotopic (exact) mass is 314 g/mol. The number of hydrogen-bond acceptors (Lipinski definition) is 1. The van der Waals surface area contributed by atoms with Crippen molar-refractivity contribution in [2.45, 2.75) is 77.6 Å². The fraction of sp³-hybridized carbons (Fsp3) is 0.600. The molecular weight excluding hydrogens is 284 g/mol. The Morgan fingerprint density at radius 1 is 1.05 bits per heavy atom. The van der Waals surface area contributed by atoms with Gasteiger partial charge in [-0.3, -0.25) is 0 Å². The van der Waals surface area contributed by atoms with E-state index in [1.54, 1.807) is 0 Å².